The Balaban J connectivity index is 2.34. The van der Waals surface area contributed by atoms with Gasteiger partial charge in [0.05, 0.1) is 11.7 Å². The SMILES string of the molecule is CCCNC(c1ccncn1)c1cnccc1N. The van der Waals surface area contributed by atoms with E-state index in [1.54, 1.807) is 31.0 Å². The van der Waals surface area contributed by atoms with Crippen LogP contribution in [-0.4, -0.2) is 21.5 Å². The molecule has 0 spiro atoms. The van der Waals surface area contributed by atoms with Crippen LogP contribution in [0.25, 0.3) is 0 Å². The summed E-state index contributed by atoms with van der Waals surface area (Å²) < 4.78 is 0. The molecular formula is C13H17N5. The van der Waals surface area contributed by atoms with E-state index in [9.17, 15) is 0 Å². The summed E-state index contributed by atoms with van der Waals surface area (Å²) in [6, 6.07) is 3.65. The van der Waals surface area contributed by atoms with E-state index in [0.717, 1.165) is 29.9 Å². The minimum absolute atomic E-state index is 0.0401. The Labute approximate surface area is 106 Å². The standard InChI is InChI=1S/C13H17N5/c1-2-5-17-13(12-4-7-16-9-18-12)10-8-15-6-3-11(10)14/h3-4,6-9,13,17H,2,5H2,1H3,(H2,14,15). The van der Waals surface area contributed by atoms with E-state index in [-0.39, 0.29) is 6.04 Å². The highest BCUT2D eigenvalue weighted by molar-refractivity contribution is 5.48. The zero-order valence-corrected chi connectivity index (χ0v) is 10.4. The van der Waals surface area contributed by atoms with E-state index < -0.39 is 0 Å². The van der Waals surface area contributed by atoms with Crippen molar-refractivity contribution < 1.29 is 0 Å². The first-order chi connectivity index (χ1) is 8.83. The number of hydrogen-bond acceptors (Lipinski definition) is 5. The molecule has 2 aromatic rings. The maximum absolute atomic E-state index is 6.01. The van der Waals surface area contributed by atoms with Crippen LogP contribution in [0.3, 0.4) is 0 Å². The van der Waals surface area contributed by atoms with Gasteiger partial charge in [0.1, 0.15) is 6.33 Å². The van der Waals surface area contributed by atoms with Crippen LogP contribution >= 0.6 is 0 Å². The number of rotatable bonds is 5. The Kier molecular flexibility index (Phi) is 4.20. The van der Waals surface area contributed by atoms with Gasteiger partial charge in [-0.2, -0.15) is 0 Å². The van der Waals surface area contributed by atoms with Crippen molar-refractivity contribution in [2.45, 2.75) is 19.4 Å². The lowest BCUT2D eigenvalue weighted by atomic mass is 10.0. The van der Waals surface area contributed by atoms with Crippen molar-refractivity contribution in [2.75, 3.05) is 12.3 Å². The Hall–Kier alpha value is -2.01. The molecule has 0 fully saturated rings. The van der Waals surface area contributed by atoms with E-state index in [1.165, 1.54) is 0 Å². The van der Waals surface area contributed by atoms with Crippen molar-refractivity contribution in [3.63, 3.8) is 0 Å². The molecule has 0 aromatic carbocycles. The first-order valence-electron chi connectivity index (χ1n) is 6.01. The maximum atomic E-state index is 6.01. The summed E-state index contributed by atoms with van der Waals surface area (Å²) in [6.07, 6.45) is 7.79. The summed E-state index contributed by atoms with van der Waals surface area (Å²) in [7, 11) is 0. The summed E-state index contributed by atoms with van der Waals surface area (Å²) in [5.74, 6) is 0. The van der Waals surface area contributed by atoms with Gasteiger partial charge < -0.3 is 11.1 Å². The van der Waals surface area contributed by atoms with Gasteiger partial charge >= 0.3 is 0 Å². The minimum Gasteiger partial charge on any atom is -0.398 e. The molecule has 0 saturated carbocycles. The molecule has 0 aliphatic carbocycles. The molecule has 1 unspecified atom stereocenters. The van der Waals surface area contributed by atoms with Crippen LogP contribution in [0.4, 0.5) is 5.69 Å². The lowest BCUT2D eigenvalue weighted by Gasteiger charge is -2.19. The fourth-order valence-corrected chi connectivity index (χ4v) is 1.79. The molecule has 2 heterocycles. The number of nitrogens with zero attached hydrogens (tertiary/aromatic N) is 3. The molecule has 1 atom stereocenters. The van der Waals surface area contributed by atoms with Crippen LogP contribution in [0, 0.1) is 0 Å². The Morgan fingerprint density at radius 1 is 1.28 bits per heavy atom. The quantitative estimate of drug-likeness (QED) is 0.833. The Morgan fingerprint density at radius 2 is 2.11 bits per heavy atom. The molecule has 0 bridgehead atoms. The average molecular weight is 243 g/mol. The smallest absolute Gasteiger partial charge is 0.115 e. The largest absolute Gasteiger partial charge is 0.398 e. The molecule has 0 aliphatic heterocycles. The molecular weight excluding hydrogens is 226 g/mol. The van der Waals surface area contributed by atoms with Crippen LogP contribution in [0.15, 0.2) is 37.1 Å². The molecule has 2 rings (SSSR count). The lowest BCUT2D eigenvalue weighted by Crippen LogP contribution is -2.25. The van der Waals surface area contributed by atoms with Gasteiger partial charge in [-0.1, -0.05) is 6.92 Å². The number of pyridine rings is 1. The number of nitrogens with two attached hydrogens (primary N) is 1. The number of hydrogen-bond donors (Lipinski definition) is 2. The maximum Gasteiger partial charge on any atom is 0.115 e. The highest BCUT2D eigenvalue weighted by Gasteiger charge is 2.17. The fourth-order valence-electron chi connectivity index (χ4n) is 1.79. The van der Waals surface area contributed by atoms with Crippen LogP contribution in [0.5, 0.6) is 0 Å². The minimum atomic E-state index is -0.0401. The third-order valence-electron chi connectivity index (χ3n) is 2.70. The normalized spacial score (nSPS) is 12.3. The molecule has 2 aromatic heterocycles. The topological polar surface area (TPSA) is 76.7 Å². The number of nitrogens with one attached hydrogen (secondary N) is 1. The third kappa shape index (κ3) is 2.81. The van der Waals surface area contributed by atoms with Gasteiger partial charge in [0.2, 0.25) is 0 Å². The number of anilines is 1. The fraction of sp³-hybridized carbons (Fsp3) is 0.308. The van der Waals surface area contributed by atoms with Gasteiger partial charge in [0.25, 0.3) is 0 Å². The van der Waals surface area contributed by atoms with Crippen molar-refractivity contribution in [1.29, 1.82) is 0 Å². The molecule has 0 amide bonds. The first kappa shape index (κ1) is 12.4. The predicted octanol–water partition coefficient (Wildman–Crippen LogP) is 1.54. The van der Waals surface area contributed by atoms with E-state index in [0.29, 0.717) is 0 Å². The van der Waals surface area contributed by atoms with Crippen LogP contribution in [-0.2, 0) is 0 Å². The second kappa shape index (κ2) is 6.07. The molecule has 0 aliphatic rings. The van der Waals surface area contributed by atoms with Crippen molar-refractivity contribution in [1.82, 2.24) is 20.3 Å². The van der Waals surface area contributed by atoms with Crippen molar-refractivity contribution in [3.8, 4) is 0 Å². The van der Waals surface area contributed by atoms with E-state index >= 15 is 0 Å². The van der Waals surface area contributed by atoms with Gasteiger partial charge in [0.15, 0.2) is 0 Å². The Morgan fingerprint density at radius 3 is 2.78 bits per heavy atom. The van der Waals surface area contributed by atoms with Crippen molar-refractivity contribution in [2.24, 2.45) is 0 Å². The zero-order valence-electron chi connectivity index (χ0n) is 10.4. The van der Waals surface area contributed by atoms with Gasteiger partial charge in [-0.15, -0.1) is 0 Å². The van der Waals surface area contributed by atoms with Gasteiger partial charge in [-0.3, -0.25) is 4.98 Å². The van der Waals surface area contributed by atoms with Gasteiger partial charge in [-0.05, 0) is 25.1 Å². The van der Waals surface area contributed by atoms with Crippen molar-refractivity contribution in [3.05, 3.63) is 48.3 Å². The summed E-state index contributed by atoms with van der Waals surface area (Å²) in [5.41, 5.74) is 8.58. The molecule has 5 nitrogen and oxygen atoms in total. The summed E-state index contributed by atoms with van der Waals surface area (Å²) >= 11 is 0. The Bertz CT molecular complexity index is 486. The van der Waals surface area contributed by atoms with E-state index in [1.807, 2.05) is 6.07 Å². The second-order valence-electron chi connectivity index (χ2n) is 4.03. The molecule has 3 N–H and O–H groups in total. The van der Waals surface area contributed by atoms with Crippen LogP contribution in [0.2, 0.25) is 0 Å². The highest BCUT2D eigenvalue weighted by atomic mass is 15.0. The molecule has 5 heteroatoms. The van der Waals surface area contributed by atoms with Crippen LogP contribution < -0.4 is 11.1 Å². The average Bonchev–Trinajstić information content (AvgIpc) is 2.42. The molecule has 0 radical (unpaired) electrons. The second-order valence-corrected chi connectivity index (χ2v) is 4.03. The monoisotopic (exact) mass is 243 g/mol. The van der Waals surface area contributed by atoms with E-state index in [2.05, 4.69) is 27.2 Å². The lowest BCUT2D eigenvalue weighted by molar-refractivity contribution is 0.585. The molecule has 18 heavy (non-hydrogen) atoms. The van der Waals surface area contributed by atoms with Gasteiger partial charge in [-0.25, -0.2) is 9.97 Å². The predicted molar refractivity (Wildman–Crippen MR) is 70.8 cm³/mol. The van der Waals surface area contributed by atoms with Crippen LogP contribution in [0.1, 0.15) is 30.6 Å². The highest BCUT2D eigenvalue weighted by Crippen LogP contribution is 2.24. The van der Waals surface area contributed by atoms with Gasteiger partial charge in [0, 0.05) is 29.8 Å². The zero-order chi connectivity index (χ0) is 12.8. The van der Waals surface area contributed by atoms with E-state index in [4.69, 9.17) is 5.73 Å². The molecule has 0 saturated heterocycles. The number of nitrogen functional groups attached to an aromatic ring is 1. The summed E-state index contributed by atoms with van der Waals surface area (Å²) in [4.78, 5) is 12.4. The van der Waals surface area contributed by atoms with Crippen molar-refractivity contribution >= 4 is 5.69 Å². The summed E-state index contributed by atoms with van der Waals surface area (Å²) in [5, 5.41) is 3.43. The third-order valence-corrected chi connectivity index (χ3v) is 2.70. The summed E-state index contributed by atoms with van der Waals surface area (Å²) in [6.45, 7) is 3.01. The number of aromatic nitrogens is 3. The molecule has 94 valence electrons. The first-order valence-corrected chi connectivity index (χ1v) is 6.01.